The summed E-state index contributed by atoms with van der Waals surface area (Å²) in [7, 11) is 4.09. The number of halogens is 2. The molecule has 0 radical (unpaired) electrons. The lowest BCUT2D eigenvalue weighted by atomic mass is 9.94. The number of aromatic nitrogens is 3. The molecule has 0 bridgehead atoms. The second-order valence-corrected chi connectivity index (χ2v) is 10.8. The molecule has 2 aliphatic heterocycles. The number of nitrogens with zero attached hydrogens (tertiary/aromatic N) is 6. The lowest BCUT2D eigenvalue weighted by Crippen LogP contribution is -2.43. The highest BCUT2D eigenvalue weighted by Crippen LogP contribution is 2.45. The third kappa shape index (κ3) is 3.18. The van der Waals surface area contributed by atoms with Crippen LogP contribution in [0.2, 0.25) is 0 Å². The van der Waals surface area contributed by atoms with Crippen molar-refractivity contribution in [3.05, 3.63) is 40.7 Å². The largest absolute Gasteiger partial charge is 0.389 e. The van der Waals surface area contributed by atoms with Gasteiger partial charge >= 0.3 is 0 Å². The summed E-state index contributed by atoms with van der Waals surface area (Å²) in [6.07, 6.45) is 3.62. The van der Waals surface area contributed by atoms with Crippen LogP contribution < -0.4 is 10.6 Å². The van der Waals surface area contributed by atoms with Crippen LogP contribution in [0, 0.1) is 23.0 Å². The predicted octanol–water partition coefficient (Wildman–Crippen LogP) is 4.20. The second kappa shape index (κ2) is 8.03. The van der Waals surface area contributed by atoms with E-state index in [9.17, 15) is 9.65 Å². The average molecular weight is 508 g/mol. The fourth-order valence-corrected chi connectivity index (χ4v) is 6.09. The van der Waals surface area contributed by atoms with Gasteiger partial charge in [0.2, 0.25) is 5.95 Å². The summed E-state index contributed by atoms with van der Waals surface area (Å²) >= 11 is 0.953. The maximum Gasteiger partial charge on any atom is 0.226 e. The van der Waals surface area contributed by atoms with Gasteiger partial charge in [0.1, 0.15) is 16.6 Å². The van der Waals surface area contributed by atoms with Gasteiger partial charge in [0.25, 0.3) is 0 Å². The average Bonchev–Trinajstić information content (AvgIpc) is 3.58. The Morgan fingerprint density at radius 2 is 2.00 bits per heavy atom. The van der Waals surface area contributed by atoms with E-state index in [1.165, 1.54) is 0 Å². The van der Waals surface area contributed by atoms with E-state index in [0.29, 0.717) is 23.4 Å². The fourth-order valence-electron chi connectivity index (χ4n) is 5.17. The van der Waals surface area contributed by atoms with E-state index in [4.69, 9.17) is 10.5 Å². The van der Waals surface area contributed by atoms with Crippen molar-refractivity contribution in [1.29, 1.82) is 5.26 Å². The molecule has 0 amide bonds. The minimum absolute atomic E-state index is 0.0377. The minimum atomic E-state index is -0.608. The van der Waals surface area contributed by atoms with Crippen LogP contribution in [0.1, 0.15) is 30.0 Å². The van der Waals surface area contributed by atoms with Crippen LogP contribution in [0.4, 0.5) is 19.7 Å². The zero-order valence-electron chi connectivity index (χ0n) is 20.0. The number of pyridine rings is 1. The number of benzene rings is 1. The van der Waals surface area contributed by atoms with Crippen molar-refractivity contribution in [2.75, 3.05) is 37.8 Å². The van der Waals surface area contributed by atoms with Gasteiger partial charge < -0.3 is 20.3 Å². The lowest BCUT2D eigenvalue weighted by molar-refractivity contribution is 0.135. The number of likely N-dealkylation sites (N-methyl/N-ethyl adjacent to an activating group) is 1. The maximum absolute atomic E-state index is 16.4. The van der Waals surface area contributed by atoms with Crippen molar-refractivity contribution in [1.82, 2.24) is 19.9 Å². The molecular weight excluding hydrogens is 484 g/mol. The molecule has 3 aromatic heterocycles. The normalized spacial score (nSPS) is 19.5. The Balaban J connectivity index is 1.60. The SMILES string of the molecule is CN(C)[C@]1(C)CCN(c2ncc3c4c(c(-c5ncc(F)c6sc(N)c(C#N)c56)c(F)c3n2)COC4)C1. The van der Waals surface area contributed by atoms with E-state index >= 15 is 4.39 Å². The van der Waals surface area contributed by atoms with Crippen molar-refractivity contribution in [2.24, 2.45) is 0 Å². The third-order valence-electron chi connectivity index (χ3n) is 7.55. The molecule has 11 heteroatoms. The van der Waals surface area contributed by atoms with Crippen LogP contribution in [0.5, 0.6) is 0 Å². The van der Waals surface area contributed by atoms with Crippen LogP contribution in [0.15, 0.2) is 12.4 Å². The summed E-state index contributed by atoms with van der Waals surface area (Å²) in [5.41, 5.74) is 7.92. The molecule has 4 aromatic rings. The number of anilines is 2. The summed E-state index contributed by atoms with van der Waals surface area (Å²) in [4.78, 5) is 17.7. The highest BCUT2D eigenvalue weighted by molar-refractivity contribution is 7.23. The van der Waals surface area contributed by atoms with Gasteiger partial charge in [-0.1, -0.05) is 0 Å². The van der Waals surface area contributed by atoms with Crippen LogP contribution in [0.3, 0.4) is 0 Å². The third-order valence-corrected chi connectivity index (χ3v) is 8.57. The van der Waals surface area contributed by atoms with Gasteiger partial charge in [0.05, 0.1) is 35.4 Å². The molecule has 1 atom stereocenters. The van der Waals surface area contributed by atoms with Crippen LogP contribution in [0.25, 0.3) is 32.2 Å². The van der Waals surface area contributed by atoms with E-state index in [-0.39, 0.29) is 56.2 Å². The van der Waals surface area contributed by atoms with Gasteiger partial charge in [0, 0.05) is 41.2 Å². The number of hydrogen-bond donors (Lipinski definition) is 1. The van der Waals surface area contributed by atoms with Crippen molar-refractivity contribution in [3.8, 4) is 17.3 Å². The zero-order valence-corrected chi connectivity index (χ0v) is 20.8. The number of nitrogens with two attached hydrogens (primary N) is 1. The predicted molar refractivity (Wildman–Crippen MR) is 135 cm³/mol. The van der Waals surface area contributed by atoms with Gasteiger partial charge in [-0.25, -0.2) is 18.7 Å². The standard InChI is InChI=1S/C25H23F2N7OS/c1-25(33(2)3)4-5-34(11-25)24-31-7-13-14-9-35-10-15(14)17(19(27)20(13)32-24)21-18-12(6-28)23(29)36-22(18)16(26)8-30-21/h7-8H,4-5,9-11,29H2,1-3H3/t25-/m1/s1. The Morgan fingerprint density at radius 1 is 1.22 bits per heavy atom. The van der Waals surface area contributed by atoms with E-state index in [1.54, 1.807) is 6.20 Å². The minimum Gasteiger partial charge on any atom is -0.389 e. The van der Waals surface area contributed by atoms with E-state index in [0.717, 1.165) is 36.1 Å². The highest BCUT2D eigenvalue weighted by atomic mass is 32.1. The molecule has 0 saturated carbocycles. The first kappa shape index (κ1) is 23.0. The molecule has 2 N–H and O–H groups in total. The molecular formula is C25H23F2N7OS. The number of nitrogen functional groups attached to an aromatic ring is 1. The summed E-state index contributed by atoms with van der Waals surface area (Å²) in [6, 6.07) is 2.03. The van der Waals surface area contributed by atoms with E-state index < -0.39 is 11.6 Å². The number of thiophene rings is 1. The number of ether oxygens (including phenoxy) is 1. The monoisotopic (exact) mass is 507 g/mol. The summed E-state index contributed by atoms with van der Waals surface area (Å²) in [5, 5.41) is 10.7. The molecule has 184 valence electrons. The smallest absolute Gasteiger partial charge is 0.226 e. The zero-order chi connectivity index (χ0) is 25.4. The molecule has 1 fully saturated rings. The van der Waals surface area contributed by atoms with Gasteiger partial charge in [0.15, 0.2) is 11.6 Å². The molecule has 8 nitrogen and oxygen atoms in total. The first-order chi connectivity index (χ1) is 17.2. The maximum atomic E-state index is 16.4. The van der Waals surface area contributed by atoms with Crippen LogP contribution in [-0.2, 0) is 18.0 Å². The molecule has 36 heavy (non-hydrogen) atoms. The Morgan fingerprint density at radius 3 is 2.72 bits per heavy atom. The Bertz CT molecular complexity index is 1610. The summed E-state index contributed by atoms with van der Waals surface area (Å²) < 4.78 is 36.9. The molecule has 0 aliphatic carbocycles. The molecule has 5 heterocycles. The Hall–Kier alpha value is -3.46. The van der Waals surface area contributed by atoms with Crippen molar-refractivity contribution in [2.45, 2.75) is 32.1 Å². The van der Waals surface area contributed by atoms with E-state index in [2.05, 4.69) is 31.7 Å². The van der Waals surface area contributed by atoms with Gasteiger partial charge in [-0.3, -0.25) is 4.98 Å². The Labute approximate surface area is 209 Å². The highest BCUT2D eigenvalue weighted by Gasteiger charge is 2.37. The number of fused-ring (bicyclic) bond motifs is 4. The second-order valence-electron chi connectivity index (χ2n) is 9.75. The van der Waals surface area contributed by atoms with Crippen molar-refractivity contribution < 1.29 is 13.5 Å². The van der Waals surface area contributed by atoms with Gasteiger partial charge in [-0.05, 0) is 38.6 Å². The van der Waals surface area contributed by atoms with Crippen molar-refractivity contribution in [3.63, 3.8) is 0 Å². The van der Waals surface area contributed by atoms with Crippen molar-refractivity contribution >= 4 is 43.3 Å². The molecule has 0 spiro atoms. The Kier molecular flexibility index (Phi) is 5.12. The summed E-state index contributed by atoms with van der Waals surface area (Å²) in [5.74, 6) is -0.753. The van der Waals surface area contributed by atoms with E-state index in [1.807, 2.05) is 20.2 Å². The molecule has 2 aliphatic rings. The van der Waals surface area contributed by atoms with Crippen LogP contribution in [-0.4, -0.2) is 52.6 Å². The topological polar surface area (TPSA) is 104 Å². The quantitative estimate of drug-likeness (QED) is 0.440. The first-order valence-electron chi connectivity index (χ1n) is 11.5. The van der Waals surface area contributed by atoms with Gasteiger partial charge in [-0.2, -0.15) is 5.26 Å². The van der Waals surface area contributed by atoms with Gasteiger partial charge in [-0.15, -0.1) is 11.3 Å². The summed E-state index contributed by atoms with van der Waals surface area (Å²) in [6.45, 7) is 4.08. The molecule has 1 aromatic carbocycles. The molecule has 6 rings (SSSR count). The lowest BCUT2D eigenvalue weighted by Gasteiger charge is -2.32. The first-order valence-corrected chi connectivity index (χ1v) is 12.3. The van der Waals surface area contributed by atoms with Crippen LogP contribution >= 0.6 is 11.3 Å². The number of rotatable bonds is 3. The molecule has 1 saturated heterocycles. The number of nitriles is 1. The molecule has 0 unspecified atom stereocenters. The number of hydrogen-bond acceptors (Lipinski definition) is 9. The fraction of sp³-hybridized carbons (Fsp3) is 0.360.